The second-order valence-corrected chi connectivity index (χ2v) is 10.2. The van der Waals surface area contributed by atoms with E-state index in [9.17, 15) is 13.5 Å². The van der Waals surface area contributed by atoms with Crippen molar-refractivity contribution in [1.82, 2.24) is 4.90 Å². The molecule has 0 spiro atoms. The van der Waals surface area contributed by atoms with Gasteiger partial charge in [-0.15, -0.1) is 0 Å². The van der Waals surface area contributed by atoms with Gasteiger partial charge in [-0.05, 0) is 86.4 Å². The molecule has 0 amide bonds. The lowest BCUT2D eigenvalue weighted by Crippen LogP contribution is -2.31. The third kappa shape index (κ3) is 5.67. The zero-order chi connectivity index (χ0) is 23.3. The number of phenolic OH excluding ortho intramolecular Hbond substituents is 1. The number of nitrogens with zero attached hydrogens (tertiary/aromatic N) is 2. The van der Waals surface area contributed by atoms with Gasteiger partial charge in [0.1, 0.15) is 18.1 Å². The van der Waals surface area contributed by atoms with Crippen LogP contribution in [0.4, 0.5) is 5.69 Å². The number of aromatic hydroxyl groups is 1. The highest BCUT2D eigenvalue weighted by molar-refractivity contribution is 7.92. The number of benzene rings is 3. The smallest absolute Gasteiger partial charge is 0.264 e. The first kappa shape index (κ1) is 23.1. The molecule has 0 bridgehead atoms. The van der Waals surface area contributed by atoms with Gasteiger partial charge < -0.3 is 9.84 Å². The summed E-state index contributed by atoms with van der Waals surface area (Å²) >= 11 is 0. The van der Waals surface area contributed by atoms with E-state index < -0.39 is 10.0 Å². The molecule has 0 atom stereocenters. The zero-order valence-electron chi connectivity index (χ0n) is 18.9. The number of likely N-dealkylation sites (tertiary alicyclic amines) is 1. The van der Waals surface area contributed by atoms with E-state index in [1.54, 1.807) is 61.5 Å². The molecule has 0 aromatic heterocycles. The van der Waals surface area contributed by atoms with E-state index in [1.165, 1.54) is 17.1 Å². The monoisotopic (exact) mass is 466 g/mol. The van der Waals surface area contributed by atoms with Crippen LogP contribution in [0.5, 0.6) is 11.5 Å². The molecule has 1 aliphatic heterocycles. The van der Waals surface area contributed by atoms with Crippen molar-refractivity contribution in [3.05, 3.63) is 83.9 Å². The van der Waals surface area contributed by atoms with Crippen LogP contribution in [0, 0.1) is 6.92 Å². The van der Waals surface area contributed by atoms with Crippen LogP contribution in [0.2, 0.25) is 0 Å². The normalized spacial score (nSPS) is 14.3. The first-order valence-corrected chi connectivity index (χ1v) is 12.7. The molecule has 174 valence electrons. The lowest BCUT2D eigenvalue weighted by molar-refractivity contribution is 0.238. The Morgan fingerprint density at radius 3 is 2.27 bits per heavy atom. The Hall–Kier alpha value is -3.03. The summed E-state index contributed by atoms with van der Waals surface area (Å²) < 4.78 is 34.6. The molecule has 1 saturated heterocycles. The molecule has 0 radical (unpaired) electrons. The fraction of sp³-hybridized carbons (Fsp3) is 0.308. The van der Waals surface area contributed by atoms with Gasteiger partial charge in [0.25, 0.3) is 10.0 Å². The van der Waals surface area contributed by atoms with Crippen LogP contribution in [-0.4, -0.2) is 44.7 Å². The Kier molecular flexibility index (Phi) is 7.20. The molecule has 3 aromatic rings. The van der Waals surface area contributed by atoms with E-state index in [0.29, 0.717) is 17.9 Å². The van der Waals surface area contributed by atoms with Crippen molar-refractivity contribution in [3.63, 3.8) is 0 Å². The third-order valence-electron chi connectivity index (χ3n) is 5.92. The Labute approximate surface area is 196 Å². The first-order chi connectivity index (χ1) is 15.9. The van der Waals surface area contributed by atoms with Gasteiger partial charge in [-0.1, -0.05) is 30.3 Å². The molecule has 0 unspecified atom stereocenters. The maximum Gasteiger partial charge on any atom is 0.264 e. The van der Waals surface area contributed by atoms with E-state index in [-0.39, 0.29) is 17.2 Å². The molecule has 4 rings (SSSR count). The average molecular weight is 467 g/mol. The Bertz CT molecular complexity index is 1160. The summed E-state index contributed by atoms with van der Waals surface area (Å²) in [5.41, 5.74) is 2.02. The highest BCUT2D eigenvalue weighted by Crippen LogP contribution is 2.29. The third-order valence-corrected chi connectivity index (χ3v) is 7.86. The molecule has 0 aliphatic carbocycles. The van der Waals surface area contributed by atoms with Gasteiger partial charge in [0.2, 0.25) is 0 Å². The molecule has 1 N–H and O–H groups in total. The summed E-state index contributed by atoms with van der Waals surface area (Å²) in [5, 5.41) is 9.60. The molecule has 6 nitrogen and oxygen atoms in total. The molecule has 3 aromatic carbocycles. The van der Waals surface area contributed by atoms with Crippen LogP contribution < -0.4 is 9.04 Å². The quantitative estimate of drug-likeness (QED) is 0.500. The minimum absolute atomic E-state index is 0.141. The van der Waals surface area contributed by atoms with E-state index in [1.807, 2.05) is 18.2 Å². The fourth-order valence-corrected chi connectivity index (χ4v) is 5.74. The van der Waals surface area contributed by atoms with Crippen LogP contribution in [0.1, 0.15) is 24.0 Å². The van der Waals surface area contributed by atoms with Gasteiger partial charge in [-0.25, -0.2) is 8.42 Å². The predicted molar refractivity (Wildman–Crippen MR) is 130 cm³/mol. The lowest BCUT2D eigenvalue weighted by Gasteiger charge is -2.26. The van der Waals surface area contributed by atoms with Gasteiger partial charge in [0.05, 0.1) is 17.1 Å². The summed E-state index contributed by atoms with van der Waals surface area (Å²) in [6.45, 7) is 5.71. The van der Waals surface area contributed by atoms with Crippen molar-refractivity contribution < 1.29 is 18.3 Å². The highest BCUT2D eigenvalue weighted by atomic mass is 32.2. The lowest BCUT2D eigenvalue weighted by atomic mass is 10.2. The number of phenols is 1. The molecular weight excluding hydrogens is 436 g/mol. The molecule has 1 aliphatic rings. The zero-order valence-corrected chi connectivity index (χ0v) is 19.7. The van der Waals surface area contributed by atoms with Gasteiger partial charge >= 0.3 is 0 Å². The summed E-state index contributed by atoms with van der Waals surface area (Å²) in [7, 11) is -3.81. The van der Waals surface area contributed by atoms with Crippen LogP contribution in [-0.2, 0) is 16.6 Å². The van der Waals surface area contributed by atoms with Gasteiger partial charge in [-0.2, -0.15) is 0 Å². The van der Waals surface area contributed by atoms with Crippen molar-refractivity contribution in [2.75, 3.05) is 30.5 Å². The number of aryl methyl sites for hydroxylation is 1. The van der Waals surface area contributed by atoms with Crippen molar-refractivity contribution >= 4 is 15.7 Å². The molecule has 7 heteroatoms. The topological polar surface area (TPSA) is 70.1 Å². The van der Waals surface area contributed by atoms with Crippen LogP contribution in [0.3, 0.4) is 0 Å². The number of ether oxygens (including phenoxy) is 1. The average Bonchev–Trinajstić information content (AvgIpc) is 3.33. The van der Waals surface area contributed by atoms with Gasteiger partial charge in [0, 0.05) is 6.54 Å². The first-order valence-electron chi connectivity index (χ1n) is 11.2. The van der Waals surface area contributed by atoms with Crippen LogP contribution in [0.15, 0.2) is 77.7 Å². The van der Waals surface area contributed by atoms with E-state index in [0.717, 1.165) is 30.9 Å². The van der Waals surface area contributed by atoms with Crippen molar-refractivity contribution in [3.8, 4) is 11.5 Å². The summed E-state index contributed by atoms with van der Waals surface area (Å²) in [4.78, 5) is 2.66. The van der Waals surface area contributed by atoms with E-state index >= 15 is 0 Å². The minimum Gasteiger partial charge on any atom is -0.508 e. The molecule has 1 fully saturated rings. The van der Waals surface area contributed by atoms with Crippen LogP contribution in [0.25, 0.3) is 0 Å². The van der Waals surface area contributed by atoms with Gasteiger partial charge in [0.15, 0.2) is 0 Å². The fourth-order valence-electron chi connectivity index (χ4n) is 4.05. The number of hydrogen-bond donors (Lipinski definition) is 1. The van der Waals surface area contributed by atoms with Crippen molar-refractivity contribution in [2.24, 2.45) is 0 Å². The Morgan fingerprint density at radius 2 is 1.61 bits per heavy atom. The van der Waals surface area contributed by atoms with E-state index in [2.05, 4.69) is 4.90 Å². The predicted octanol–water partition coefficient (Wildman–Crippen LogP) is 4.57. The Balaban J connectivity index is 1.57. The second kappa shape index (κ2) is 10.3. The molecule has 33 heavy (non-hydrogen) atoms. The van der Waals surface area contributed by atoms with Crippen LogP contribution >= 0.6 is 0 Å². The minimum atomic E-state index is -3.81. The molecular formula is C26H30N2O4S. The standard InChI is InChI=1S/C26H30N2O4S/c1-21-6-2-3-7-26(21)33(30,31)28(20-22-8-12-24(29)13-9-22)23-10-14-25(15-11-23)32-19-18-27-16-4-5-17-27/h2-3,6-15,29H,4-5,16-20H2,1H3. The maximum atomic E-state index is 13.7. The largest absolute Gasteiger partial charge is 0.508 e. The Morgan fingerprint density at radius 1 is 0.939 bits per heavy atom. The number of hydrogen-bond acceptors (Lipinski definition) is 5. The highest BCUT2D eigenvalue weighted by Gasteiger charge is 2.26. The summed E-state index contributed by atoms with van der Waals surface area (Å²) in [6, 6.07) is 20.7. The van der Waals surface area contributed by atoms with Crippen molar-refractivity contribution in [2.45, 2.75) is 31.2 Å². The van der Waals surface area contributed by atoms with E-state index in [4.69, 9.17) is 4.74 Å². The molecule has 0 saturated carbocycles. The summed E-state index contributed by atoms with van der Waals surface area (Å²) in [6.07, 6.45) is 2.50. The number of rotatable bonds is 9. The number of anilines is 1. The molecule has 1 heterocycles. The summed E-state index contributed by atoms with van der Waals surface area (Å²) in [5.74, 6) is 0.860. The van der Waals surface area contributed by atoms with Crippen molar-refractivity contribution in [1.29, 1.82) is 0 Å². The SMILES string of the molecule is Cc1ccccc1S(=O)(=O)N(Cc1ccc(O)cc1)c1ccc(OCCN2CCCC2)cc1. The van der Waals surface area contributed by atoms with Gasteiger partial charge in [-0.3, -0.25) is 9.21 Å². The maximum absolute atomic E-state index is 13.7. The number of sulfonamides is 1. The second-order valence-electron chi connectivity index (χ2n) is 8.33.